The number of alkyl carbamates (subject to hydrolysis) is 1. The van der Waals surface area contributed by atoms with Crippen molar-refractivity contribution in [3.8, 4) is 0 Å². The first-order valence-electron chi connectivity index (χ1n) is 14.9. The summed E-state index contributed by atoms with van der Waals surface area (Å²) in [6.45, 7) is 11.4. The van der Waals surface area contributed by atoms with E-state index in [9.17, 15) is 19.2 Å². The monoisotopic (exact) mass is 580 g/mol. The van der Waals surface area contributed by atoms with Crippen molar-refractivity contribution in [1.82, 2.24) is 10.2 Å². The Kier molecular flexibility index (Phi) is 13.5. The minimum absolute atomic E-state index is 0.245. The van der Waals surface area contributed by atoms with Gasteiger partial charge in [0.05, 0.1) is 6.42 Å². The summed E-state index contributed by atoms with van der Waals surface area (Å²) in [6, 6.07) is 12.7. The lowest BCUT2D eigenvalue weighted by Crippen LogP contribution is -2.53. The molecule has 0 aromatic heterocycles. The summed E-state index contributed by atoms with van der Waals surface area (Å²) in [7, 11) is 0. The Balaban J connectivity index is 2.55. The molecule has 0 saturated carbocycles. The van der Waals surface area contributed by atoms with Crippen LogP contribution in [0.5, 0.6) is 0 Å². The summed E-state index contributed by atoms with van der Waals surface area (Å²) in [6.07, 6.45) is 4.15. The van der Waals surface area contributed by atoms with E-state index in [1.54, 1.807) is 26.8 Å². The molecule has 0 heterocycles. The highest BCUT2D eigenvalue weighted by molar-refractivity contribution is 6.00. The molecule has 2 unspecified atom stereocenters. The van der Waals surface area contributed by atoms with Crippen LogP contribution in [-0.2, 0) is 25.5 Å². The predicted octanol–water partition coefficient (Wildman–Crippen LogP) is 5.80. The van der Waals surface area contributed by atoms with E-state index in [0.717, 1.165) is 43.2 Å². The normalized spacial score (nSPS) is 12.6. The minimum Gasteiger partial charge on any atom is -0.444 e. The topological polar surface area (TPSA) is 131 Å². The molecule has 2 atom stereocenters. The van der Waals surface area contributed by atoms with E-state index in [-0.39, 0.29) is 6.54 Å². The number of benzene rings is 2. The van der Waals surface area contributed by atoms with Gasteiger partial charge in [0.25, 0.3) is 5.91 Å². The van der Waals surface area contributed by atoms with Crippen LogP contribution in [0.25, 0.3) is 0 Å². The Morgan fingerprint density at radius 3 is 2.14 bits per heavy atom. The number of anilines is 1. The summed E-state index contributed by atoms with van der Waals surface area (Å²) < 4.78 is 5.36. The lowest BCUT2D eigenvalue weighted by atomic mass is 9.99. The van der Waals surface area contributed by atoms with Crippen molar-refractivity contribution in [2.75, 3.05) is 11.9 Å². The number of unbranched alkanes of at least 4 members (excludes halogenated alkanes) is 4. The Hall–Kier alpha value is -3.88. The second kappa shape index (κ2) is 16.5. The largest absolute Gasteiger partial charge is 0.444 e. The Morgan fingerprint density at radius 1 is 0.929 bits per heavy atom. The third kappa shape index (κ3) is 11.2. The quantitative estimate of drug-likeness (QED) is 0.229. The number of primary amides is 1. The third-order valence-electron chi connectivity index (χ3n) is 6.85. The molecular formula is C33H48N4O5. The molecule has 4 N–H and O–H groups in total. The molecule has 0 aliphatic heterocycles. The predicted molar refractivity (Wildman–Crippen MR) is 166 cm³/mol. The number of amides is 4. The molecule has 230 valence electrons. The van der Waals surface area contributed by atoms with Gasteiger partial charge in [-0.25, -0.2) is 4.79 Å². The fourth-order valence-corrected chi connectivity index (χ4v) is 4.63. The van der Waals surface area contributed by atoms with Crippen LogP contribution in [0.15, 0.2) is 48.5 Å². The lowest BCUT2D eigenvalue weighted by Gasteiger charge is -2.34. The molecule has 42 heavy (non-hydrogen) atoms. The van der Waals surface area contributed by atoms with E-state index >= 15 is 0 Å². The molecule has 0 spiro atoms. The second-order valence-electron chi connectivity index (χ2n) is 11.6. The van der Waals surface area contributed by atoms with Gasteiger partial charge in [-0.1, -0.05) is 82.0 Å². The average molecular weight is 581 g/mol. The van der Waals surface area contributed by atoms with E-state index in [2.05, 4.69) is 17.6 Å². The highest BCUT2D eigenvalue weighted by Gasteiger charge is 2.37. The van der Waals surface area contributed by atoms with Crippen LogP contribution in [0.2, 0.25) is 0 Å². The number of nitrogens with two attached hydrogens (primary N) is 1. The fraction of sp³-hybridized carbons (Fsp3) is 0.515. The standard InChI is InChI=1S/C33H48N4O5/c1-7-9-10-11-14-21-37(31(40)27(22-28(34)38)36-32(41)42-33(4,5)6)29(25-19-17-24(8-2)18-20-25)30(39)35-26-16-13-12-15-23(26)3/h12-13,15-20,27,29H,7-11,14,21-22H2,1-6H3,(H2,34,38)(H,35,39)(H,36,41). The Bertz CT molecular complexity index is 1190. The molecule has 9 nitrogen and oxygen atoms in total. The number of rotatable bonds is 15. The van der Waals surface area contributed by atoms with Crippen molar-refractivity contribution in [1.29, 1.82) is 0 Å². The van der Waals surface area contributed by atoms with Crippen LogP contribution in [0.4, 0.5) is 10.5 Å². The van der Waals surface area contributed by atoms with E-state index in [4.69, 9.17) is 10.5 Å². The molecule has 2 aromatic rings. The first-order valence-corrected chi connectivity index (χ1v) is 14.9. The summed E-state index contributed by atoms with van der Waals surface area (Å²) in [5.41, 5.74) is 7.91. The van der Waals surface area contributed by atoms with Gasteiger partial charge in [0.15, 0.2) is 0 Å². The zero-order valence-electron chi connectivity index (χ0n) is 26.0. The van der Waals surface area contributed by atoms with Gasteiger partial charge in [-0.3, -0.25) is 14.4 Å². The van der Waals surface area contributed by atoms with Crippen LogP contribution in [0, 0.1) is 6.92 Å². The first kappa shape index (κ1) is 34.3. The summed E-state index contributed by atoms with van der Waals surface area (Å²) in [5.74, 6) is -1.74. The molecule has 0 aliphatic carbocycles. The van der Waals surface area contributed by atoms with Crippen molar-refractivity contribution in [3.63, 3.8) is 0 Å². The maximum atomic E-state index is 14.2. The number of hydrogen-bond acceptors (Lipinski definition) is 5. The molecular weight excluding hydrogens is 532 g/mol. The molecule has 0 bridgehead atoms. The van der Waals surface area contributed by atoms with Crippen molar-refractivity contribution >= 4 is 29.5 Å². The number of ether oxygens (including phenoxy) is 1. The van der Waals surface area contributed by atoms with Crippen molar-refractivity contribution in [2.24, 2.45) is 5.73 Å². The van der Waals surface area contributed by atoms with Gasteiger partial charge in [-0.15, -0.1) is 0 Å². The number of hydrogen-bond donors (Lipinski definition) is 3. The number of aryl methyl sites for hydroxylation is 2. The smallest absolute Gasteiger partial charge is 0.408 e. The van der Waals surface area contributed by atoms with Gasteiger partial charge in [-0.05, 0) is 63.3 Å². The second-order valence-corrected chi connectivity index (χ2v) is 11.6. The van der Waals surface area contributed by atoms with Gasteiger partial charge >= 0.3 is 6.09 Å². The molecule has 2 rings (SSSR count). The van der Waals surface area contributed by atoms with Crippen molar-refractivity contribution in [2.45, 2.75) is 104 Å². The highest BCUT2D eigenvalue weighted by Crippen LogP contribution is 2.27. The highest BCUT2D eigenvalue weighted by atomic mass is 16.6. The van der Waals surface area contributed by atoms with E-state index < -0.39 is 47.9 Å². The molecule has 0 saturated heterocycles. The van der Waals surface area contributed by atoms with Gasteiger partial charge in [-0.2, -0.15) is 0 Å². The van der Waals surface area contributed by atoms with Crippen LogP contribution in [0.1, 0.15) is 95.9 Å². The molecule has 0 radical (unpaired) electrons. The third-order valence-corrected chi connectivity index (χ3v) is 6.85. The first-order chi connectivity index (χ1) is 19.9. The Labute approximate surface area is 250 Å². The van der Waals surface area contributed by atoms with Crippen LogP contribution < -0.4 is 16.4 Å². The molecule has 4 amide bonds. The van der Waals surface area contributed by atoms with Crippen molar-refractivity contribution in [3.05, 3.63) is 65.2 Å². The maximum Gasteiger partial charge on any atom is 0.408 e. The summed E-state index contributed by atoms with van der Waals surface area (Å²) in [4.78, 5) is 54.5. The van der Waals surface area contributed by atoms with Crippen LogP contribution in [-0.4, -0.2) is 46.9 Å². The van der Waals surface area contributed by atoms with Gasteiger partial charge in [0.2, 0.25) is 11.8 Å². The number of carbonyl (C=O) groups is 4. The van der Waals surface area contributed by atoms with Gasteiger partial charge in [0.1, 0.15) is 17.7 Å². The van der Waals surface area contributed by atoms with Crippen LogP contribution in [0.3, 0.4) is 0 Å². The number of para-hydroxylation sites is 1. The molecule has 0 aliphatic rings. The van der Waals surface area contributed by atoms with Crippen molar-refractivity contribution < 1.29 is 23.9 Å². The lowest BCUT2D eigenvalue weighted by molar-refractivity contribution is -0.142. The molecule has 9 heteroatoms. The zero-order chi connectivity index (χ0) is 31.3. The number of nitrogens with one attached hydrogen (secondary N) is 2. The maximum absolute atomic E-state index is 14.2. The van der Waals surface area contributed by atoms with E-state index in [1.807, 2.05) is 56.3 Å². The molecule has 2 aromatic carbocycles. The zero-order valence-corrected chi connectivity index (χ0v) is 26.0. The fourth-order valence-electron chi connectivity index (χ4n) is 4.63. The SMILES string of the molecule is CCCCCCCN(C(=O)C(CC(N)=O)NC(=O)OC(C)(C)C)C(C(=O)Nc1ccccc1C)c1ccc(CC)cc1. The van der Waals surface area contributed by atoms with E-state index in [1.165, 1.54) is 4.90 Å². The summed E-state index contributed by atoms with van der Waals surface area (Å²) in [5, 5.41) is 5.53. The number of carbonyl (C=O) groups excluding carboxylic acids is 4. The summed E-state index contributed by atoms with van der Waals surface area (Å²) >= 11 is 0. The number of nitrogens with zero attached hydrogens (tertiary/aromatic N) is 1. The van der Waals surface area contributed by atoms with Gasteiger partial charge < -0.3 is 26.0 Å². The van der Waals surface area contributed by atoms with Crippen LogP contribution >= 0.6 is 0 Å². The molecule has 0 fully saturated rings. The Morgan fingerprint density at radius 2 is 1.57 bits per heavy atom. The van der Waals surface area contributed by atoms with E-state index in [0.29, 0.717) is 17.7 Å². The average Bonchev–Trinajstić information content (AvgIpc) is 2.91. The minimum atomic E-state index is -1.31. The van der Waals surface area contributed by atoms with Gasteiger partial charge in [0, 0.05) is 12.2 Å².